The van der Waals surface area contributed by atoms with Gasteiger partial charge in [-0.2, -0.15) is 0 Å². The Morgan fingerprint density at radius 3 is 2.65 bits per heavy atom. The number of benzene rings is 1. The number of morpholine rings is 1. The van der Waals surface area contributed by atoms with Gasteiger partial charge in [-0.15, -0.1) is 11.3 Å². The van der Waals surface area contributed by atoms with Crippen molar-refractivity contribution in [3.8, 4) is 0 Å². The first-order valence-electron chi connectivity index (χ1n) is 10.8. The molecule has 0 amide bonds. The highest BCUT2D eigenvalue weighted by Gasteiger charge is 2.23. The number of thiophene rings is 1. The monoisotopic (exact) mass is 438 g/mol. The van der Waals surface area contributed by atoms with Crippen molar-refractivity contribution in [2.45, 2.75) is 19.0 Å². The SMILES string of the molecule is c1ccc(CN=C(NCCc2ccco2)NCC(c2cccs2)N2CCOCC2)cc1. The number of nitrogens with zero attached hydrogens (tertiary/aromatic N) is 2. The van der Waals surface area contributed by atoms with Gasteiger partial charge in [-0.05, 0) is 29.1 Å². The fourth-order valence-electron chi connectivity index (χ4n) is 3.66. The Bertz CT molecular complexity index is 891. The Balaban J connectivity index is 1.41. The summed E-state index contributed by atoms with van der Waals surface area (Å²) in [5.41, 5.74) is 1.19. The van der Waals surface area contributed by atoms with E-state index in [0.29, 0.717) is 12.6 Å². The van der Waals surface area contributed by atoms with E-state index in [1.807, 2.05) is 41.7 Å². The van der Waals surface area contributed by atoms with Crippen molar-refractivity contribution in [1.29, 1.82) is 0 Å². The van der Waals surface area contributed by atoms with Crippen molar-refractivity contribution in [3.63, 3.8) is 0 Å². The highest BCUT2D eigenvalue weighted by atomic mass is 32.1. The van der Waals surface area contributed by atoms with E-state index < -0.39 is 0 Å². The lowest BCUT2D eigenvalue weighted by Gasteiger charge is -2.34. The minimum atomic E-state index is 0.303. The molecule has 1 saturated heterocycles. The van der Waals surface area contributed by atoms with E-state index in [4.69, 9.17) is 14.1 Å². The summed E-state index contributed by atoms with van der Waals surface area (Å²) >= 11 is 1.81. The third kappa shape index (κ3) is 6.69. The summed E-state index contributed by atoms with van der Waals surface area (Å²) in [6, 6.07) is 18.9. The smallest absolute Gasteiger partial charge is 0.191 e. The van der Waals surface area contributed by atoms with E-state index in [1.54, 1.807) is 6.26 Å². The van der Waals surface area contributed by atoms with Gasteiger partial charge in [0.05, 0.1) is 32.1 Å². The molecule has 1 fully saturated rings. The Morgan fingerprint density at radius 2 is 1.90 bits per heavy atom. The Kier molecular flexibility index (Phi) is 8.15. The lowest BCUT2D eigenvalue weighted by molar-refractivity contribution is 0.0177. The van der Waals surface area contributed by atoms with Gasteiger partial charge in [0, 0.05) is 37.5 Å². The maximum atomic E-state index is 5.57. The van der Waals surface area contributed by atoms with Crippen molar-refractivity contribution >= 4 is 17.3 Å². The predicted octanol–water partition coefficient (Wildman–Crippen LogP) is 3.69. The third-order valence-corrected chi connectivity index (χ3v) is 6.30. The van der Waals surface area contributed by atoms with Gasteiger partial charge in [0.15, 0.2) is 5.96 Å². The first-order chi connectivity index (χ1) is 15.4. The van der Waals surface area contributed by atoms with Crippen LogP contribution in [0.5, 0.6) is 0 Å². The first kappa shape index (κ1) is 21.6. The average molecular weight is 439 g/mol. The number of hydrogen-bond donors (Lipinski definition) is 2. The lowest BCUT2D eigenvalue weighted by atomic mass is 10.2. The molecule has 1 aromatic carbocycles. The number of nitrogens with one attached hydrogen (secondary N) is 2. The van der Waals surface area contributed by atoms with Crippen LogP contribution in [0.25, 0.3) is 0 Å². The molecular formula is C24H30N4O2S. The minimum absolute atomic E-state index is 0.303. The summed E-state index contributed by atoms with van der Waals surface area (Å²) in [5.74, 6) is 1.80. The van der Waals surface area contributed by atoms with Gasteiger partial charge >= 0.3 is 0 Å². The van der Waals surface area contributed by atoms with Gasteiger partial charge in [0.2, 0.25) is 0 Å². The summed E-state index contributed by atoms with van der Waals surface area (Å²) in [7, 11) is 0. The molecule has 31 heavy (non-hydrogen) atoms. The van der Waals surface area contributed by atoms with E-state index in [9.17, 15) is 0 Å². The molecule has 2 aromatic heterocycles. The highest BCUT2D eigenvalue weighted by molar-refractivity contribution is 7.10. The molecule has 0 radical (unpaired) electrons. The molecule has 0 bridgehead atoms. The zero-order chi connectivity index (χ0) is 21.1. The molecule has 4 rings (SSSR count). The van der Waals surface area contributed by atoms with Crippen LogP contribution in [0.3, 0.4) is 0 Å². The fraction of sp³-hybridized carbons (Fsp3) is 0.375. The third-order valence-electron chi connectivity index (χ3n) is 5.33. The molecule has 2 N–H and O–H groups in total. The van der Waals surface area contributed by atoms with E-state index in [0.717, 1.165) is 57.5 Å². The molecule has 164 valence electrons. The number of guanidine groups is 1. The Morgan fingerprint density at radius 1 is 1.03 bits per heavy atom. The van der Waals surface area contributed by atoms with E-state index >= 15 is 0 Å². The van der Waals surface area contributed by atoms with E-state index in [-0.39, 0.29) is 0 Å². The molecule has 3 aromatic rings. The van der Waals surface area contributed by atoms with Crippen molar-refractivity contribution in [1.82, 2.24) is 15.5 Å². The van der Waals surface area contributed by atoms with Crippen molar-refractivity contribution < 1.29 is 9.15 Å². The van der Waals surface area contributed by atoms with Crippen LogP contribution in [0.1, 0.15) is 22.2 Å². The van der Waals surface area contributed by atoms with Crippen molar-refractivity contribution in [3.05, 3.63) is 82.4 Å². The Labute approximate surface area is 187 Å². The molecule has 1 aliphatic heterocycles. The molecule has 6 nitrogen and oxygen atoms in total. The largest absolute Gasteiger partial charge is 0.469 e. The van der Waals surface area contributed by atoms with Crippen LogP contribution in [-0.2, 0) is 17.7 Å². The normalized spacial score (nSPS) is 16.2. The summed E-state index contributed by atoms with van der Waals surface area (Å²) in [6.45, 7) is 5.67. The van der Waals surface area contributed by atoms with Crippen LogP contribution in [0, 0.1) is 0 Å². The van der Waals surface area contributed by atoms with Crippen LogP contribution in [-0.4, -0.2) is 50.3 Å². The van der Waals surface area contributed by atoms with Gasteiger partial charge in [0.25, 0.3) is 0 Å². The number of aliphatic imine (C=N–C) groups is 1. The van der Waals surface area contributed by atoms with Crippen LogP contribution >= 0.6 is 11.3 Å². The zero-order valence-corrected chi connectivity index (χ0v) is 18.5. The van der Waals surface area contributed by atoms with Crippen molar-refractivity contribution in [2.24, 2.45) is 4.99 Å². The van der Waals surface area contributed by atoms with E-state index in [1.165, 1.54) is 10.4 Å². The highest BCUT2D eigenvalue weighted by Crippen LogP contribution is 2.25. The second-order valence-electron chi connectivity index (χ2n) is 7.47. The van der Waals surface area contributed by atoms with Gasteiger partial charge in [-0.1, -0.05) is 36.4 Å². The molecule has 1 atom stereocenters. The first-order valence-corrected chi connectivity index (χ1v) is 11.7. The second-order valence-corrected chi connectivity index (χ2v) is 8.45. The second kappa shape index (κ2) is 11.7. The quantitative estimate of drug-likeness (QED) is 0.394. The van der Waals surface area contributed by atoms with Crippen LogP contribution in [0.15, 0.2) is 75.7 Å². The molecule has 3 heterocycles. The maximum Gasteiger partial charge on any atom is 0.191 e. The molecular weight excluding hydrogens is 408 g/mol. The number of rotatable bonds is 9. The van der Waals surface area contributed by atoms with Crippen LogP contribution in [0.4, 0.5) is 0 Å². The lowest BCUT2D eigenvalue weighted by Crippen LogP contribution is -2.46. The standard InChI is InChI=1S/C24H30N4O2S/c1-2-6-20(7-3-1)18-26-24(25-11-10-21-8-4-14-30-21)27-19-22(23-9-5-17-31-23)28-12-15-29-16-13-28/h1-9,14,17,22H,10-13,15-16,18-19H2,(H2,25,26,27). The molecule has 0 saturated carbocycles. The summed E-state index contributed by atoms with van der Waals surface area (Å²) in [6.07, 6.45) is 2.53. The number of hydrogen-bond acceptors (Lipinski definition) is 5. The van der Waals surface area contributed by atoms with Gasteiger partial charge in [0.1, 0.15) is 5.76 Å². The Hall–Kier alpha value is -2.61. The zero-order valence-electron chi connectivity index (χ0n) is 17.7. The number of furan rings is 1. The van der Waals surface area contributed by atoms with Gasteiger partial charge < -0.3 is 19.8 Å². The summed E-state index contributed by atoms with van der Waals surface area (Å²) < 4.78 is 11.0. The number of ether oxygens (including phenoxy) is 1. The summed E-state index contributed by atoms with van der Waals surface area (Å²) in [4.78, 5) is 8.70. The molecule has 1 unspecified atom stereocenters. The average Bonchev–Trinajstić information content (AvgIpc) is 3.53. The molecule has 0 spiro atoms. The molecule has 1 aliphatic rings. The fourth-order valence-corrected chi connectivity index (χ4v) is 4.52. The van der Waals surface area contributed by atoms with E-state index in [2.05, 4.69) is 45.2 Å². The topological polar surface area (TPSA) is 62.0 Å². The van der Waals surface area contributed by atoms with Gasteiger partial charge in [-0.25, -0.2) is 4.99 Å². The van der Waals surface area contributed by atoms with Crippen LogP contribution in [0.2, 0.25) is 0 Å². The summed E-state index contributed by atoms with van der Waals surface area (Å²) in [5, 5.41) is 9.21. The van der Waals surface area contributed by atoms with Crippen LogP contribution < -0.4 is 10.6 Å². The van der Waals surface area contributed by atoms with Gasteiger partial charge in [-0.3, -0.25) is 4.90 Å². The van der Waals surface area contributed by atoms with Crippen molar-refractivity contribution in [2.75, 3.05) is 39.4 Å². The minimum Gasteiger partial charge on any atom is -0.469 e. The molecule has 0 aliphatic carbocycles. The maximum absolute atomic E-state index is 5.57. The predicted molar refractivity (Wildman–Crippen MR) is 125 cm³/mol. The molecule has 7 heteroatoms.